The van der Waals surface area contributed by atoms with Crippen molar-refractivity contribution in [3.05, 3.63) is 107 Å². The van der Waals surface area contributed by atoms with Crippen molar-refractivity contribution >= 4 is 11.7 Å². The smallest absolute Gasteiger partial charge is 0.337 e. The third-order valence-electron chi connectivity index (χ3n) is 6.52. The maximum atomic E-state index is 14.7. The Morgan fingerprint density at radius 2 is 1.72 bits per heavy atom. The molecule has 0 saturated carbocycles. The molecule has 0 saturated heterocycles. The van der Waals surface area contributed by atoms with E-state index in [0.717, 1.165) is 49.7 Å². The molecule has 0 fully saturated rings. The number of unbranched alkanes of at least 4 members (excludes halogenated alkanes) is 1. The van der Waals surface area contributed by atoms with Crippen molar-refractivity contribution in [1.82, 2.24) is 15.6 Å². The van der Waals surface area contributed by atoms with Crippen LogP contribution in [0.2, 0.25) is 0 Å². The average molecular weight is 491 g/mol. The molecule has 1 aliphatic rings. The Kier molecular flexibility index (Phi) is 8.44. The number of nitrogens with one attached hydrogen (secondary N) is 2. The van der Waals surface area contributed by atoms with E-state index < -0.39 is 17.2 Å². The summed E-state index contributed by atoms with van der Waals surface area (Å²) < 4.78 is 28.7. The molecule has 3 aromatic rings. The second kappa shape index (κ2) is 11.9. The SMILES string of the molecule is CCNC(=O)N1N=C(c2cc(F)ccc2F)CC1(CCCCNCc1ccccc1)c1ccccc1. The molecule has 0 radical (unpaired) electrons. The lowest BCUT2D eigenvalue weighted by atomic mass is 9.80. The molecule has 0 aliphatic carbocycles. The molecule has 1 unspecified atom stereocenters. The lowest BCUT2D eigenvalue weighted by Crippen LogP contribution is -2.48. The molecule has 36 heavy (non-hydrogen) atoms. The summed E-state index contributed by atoms with van der Waals surface area (Å²) in [6.07, 6.45) is 2.65. The zero-order valence-corrected chi connectivity index (χ0v) is 20.5. The highest BCUT2D eigenvalue weighted by molar-refractivity contribution is 6.04. The molecule has 1 aliphatic heterocycles. The standard InChI is InChI=1S/C29H32F2N4O/c1-2-33-28(36)35-29(23-13-7-4-8-14-23,17-9-10-18-32-21-22-11-5-3-6-12-22)20-27(34-35)25-19-24(30)15-16-26(25)31/h3-8,11-16,19,32H,2,9-10,17-18,20-21H2,1H3,(H,33,36). The summed E-state index contributed by atoms with van der Waals surface area (Å²) in [5.41, 5.74) is 1.81. The van der Waals surface area contributed by atoms with E-state index in [0.29, 0.717) is 25.1 Å². The number of rotatable bonds is 10. The number of urea groups is 1. The minimum atomic E-state index is -0.798. The second-order valence-electron chi connectivity index (χ2n) is 9.01. The molecule has 0 spiro atoms. The predicted octanol–water partition coefficient (Wildman–Crippen LogP) is 5.96. The number of benzene rings is 3. The quantitative estimate of drug-likeness (QED) is 0.345. The van der Waals surface area contributed by atoms with Gasteiger partial charge in [0.2, 0.25) is 0 Å². The van der Waals surface area contributed by atoms with Crippen LogP contribution in [-0.4, -0.2) is 29.8 Å². The van der Waals surface area contributed by atoms with Crippen molar-refractivity contribution in [3.8, 4) is 0 Å². The molecule has 7 heteroatoms. The minimum Gasteiger partial charge on any atom is -0.337 e. The van der Waals surface area contributed by atoms with Crippen molar-refractivity contribution in [2.45, 2.75) is 44.7 Å². The average Bonchev–Trinajstić information content (AvgIpc) is 3.29. The highest BCUT2D eigenvalue weighted by Crippen LogP contribution is 2.43. The third kappa shape index (κ3) is 5.79. The maximum Gasteiger partial charge on any atom is 0.338 e. The van der Waals surface area contributed by atoms with Gasteiger partial charge in [0, 0.05) is 25.1 Å². The van der Waals surface area contributed by atoms with Gasteiger partial charge < -0.3 is 10.6 Å². The molecule has 188 valence electrons. The Hall–Kier alpha value is -3.58. The molecule has 0 bridgehead atoms. The van der Waals surface area contributed by atoms with Crippen molar-refractivity contribution in [1.29, 1.82) is 0 Å². The first kappa shape index (κ1) is 25.5. The van der Waals surface area contributed by atoms with Crippen LogP contribution in [0.15, 0.2) is 84.0 Å². The fourth-order valence-corrected chi connectivity index (χ4v) is 4.74. The molecule has 2 N–H and O–H groups in total. The first-order chi connectivity index (χ1) is 17.5. The van der Waals surface area contributed by atoms with Crippen LogP contribution in [0.5, 0.6) is 0 Å². The van der Waals surface area contributed by atoms with Crippen LogP contribution in [0.4, 0.5) is 13.6 Å². The Bertz CT molecular complexity index is 1190. The predicted molar refractivity (Wildman–Crippen MR) is 139 cm³/mol. The van der Waals surface area contributed by atoms with Gasteiger partial charge in [-0.3, -0.25) is 0 Å². The summed E-state index contributed by atoms with van der Waals surface area (Å²) in [5.74, 6) is -1.10. The van der Waals surface area contributed by atoms with Crippen LogP contribution in [0.1, 0.15) is 49.3 Å². The van der Waals surface area contributed by atoms with Gasteiger partial charge in [-0.15, -0.1) is 0 Å². The highest BCUT2D eigenvalue weighted by atomic mass is 19.1. The maximum absolute atomic E-state index is 14.7. The van der Waals surface area contributed by atoms with Crippen LogP contribution >= 0.6 is 0 Å². The zero-order chi connectivity index (χ0) is 25.4. The normalized spacial score (nSPS) is 17.2. The number of hydrogen-bond donors (Lipinski definition) is 2. The largest absolute Gasteiger partial charge is 0.338 e. The lowest BCUT2D eigenvalue weighted by Gasteiger charge is -2.37. The van der Waals surface area contributed by atoms with Crippen molar-refractivity contribution in [2.24, 2.45) is 5.10 Å². The second-order valence-corrected chi connectivity index (χ2v) is 9.01. The molecule has 1 atom stereocenters. The summed E-state index contributed by atoms with van der Waals surface area (Å²) >= 11 is 0. The van der Waals surface area contributed by atoms with E-state index in [2.05, 4.69) is 27.9 Å². The molecule has 4 rings (SSSR count). The van der Waals surface area contributed by atoms with Gasteiger partial charge in [-0.1, -0.05) is 60.7 Å². The first-order valence-corrected chi connectivity index (χ1v) is 12.4. The summed E-state index contributed by atoms with van der Waals surface area (Å²) in [7, 11) is 0. The summed E-state index contributed by atoms with van der Waals surface area (Å²) in [6.45, 7) is 3.89. The molecule has 0 aromatic heterocycles. The monoisotopic (exact) mass is 490 g/mol. The number of carbonyl (C=O) groups excluding carboxylic acids is 1. The minimum absolute atomic E-state index is 0.0895. The van der Waals surface area contributed by atoms with E-state index >= 15 is 0 Å². The van der Waals surface area contributed by atoms with Crippen LogP contribution in [0, 0.1) is 11.6 Å². The van der Waals surface area contributed by atoms with E-state index in [-0.39, 0.29) is 11.6 Å². The van der Waals surface area contributed by atoms with Gasteiger partial charge in [-0.2, -0.15) is 5.10 Å². The number of hydrogen-bond acceptors (Lipinski definition) is 3. The summed E-state index contributed by atoms with van der Waals surface area (Å²) in [5, 5.41) is 12.3. The van der Waals surface area contributed by atoms with Gasteiger partial charge in [0.25, 0.3) is 0 Å². The van der Waals surface area contributed by atoms with Crippen LogP contribution < -0.4 is 10.6 Å². The first-order valence-electron chi connectivity index (χ1n) is 12.4. The Morgan fingerprint density at radius 1 is 1.00 bits per heavy atom. The van der Waals surface area contributed by atoms with Crippen LogP contribution in [0.25, 0.3) is 0 Å². The Labute approximate surface area is 211 Å². The van der Waals surface area contributed by atoms with E-state index in [1.165, 1.54) is 10.6 Å². The Morgan fingerprint density at radius 3 is 2.44 bits per heavy atom. The Balaban J connectivity index is 1.56. The van der Waals surface area contributed by atoms with Crippen LogP contribution in [-0.2, 0) is 12.1 Å². The fraction of sp³-hybridized carbons (Fsp3) is 0.310. The molecular formula is C29H32F2N4O. The fourth-order valence-electron chi connectivity index (χ4n) is 4.74. The molecule has 3 aromatic carbocycles. The zero-order valence-electron chi connectivity index (χ0n) is 20.5. The topological polar surface area (TPSA) is 56.7 Å². The number of halogens is 2. The van der Waals surface area contributed by atoms with Crippen molar-refractivity contribution < 1.29 is 13.6 Å². The van der Waals surface area contributed by atoms with E-state index in [4.69, 9.17) is 0 Å². The molecule has 1 heterocycles. The van der Waals surface area contributed by atoms with Gasteiger partial charge >= 0.3 is 6.03 Å². The summed E-state index contributed by atoms with van der Waals surface area (Å²) in [4.78, 5) is 13.2. The highest BCUT2D eigenvalue weighted by Gasteiger charge is 2.47. The molecule has 2 amide bonds. The summed E-state index contributed by atoms with van der Waals surface area (Å²) in [6, 6.07) is 22.9. The van der Waals surface area contributed by atoms with Gasteiger partial charge in [0.05, 0.1) is 11.3 Å². The van der Waals surface area contributed by atoms with E-state index in [1.807, 2.05) is 55.5 Å². The number of amides is 2. The van der Waals surface area contributed by atoms with Crippen molar-refractivity contribution in [2.75, 3.05) is 13.1 Å². The van der Waals surface area contributed by atoms with E-state index in [1.54, 1.807) is 0 Å². The van der Waals surface area contributed by atoms with Gasteiger partial charge in [0.15, 0.2) is 0 Å². The van der Waals surface area contributed by atoms with Gasteiger partial charge in [-0.25, -0.2) is 18.6 Å². The lowest BCUT2D eigenvalue weighted by molar-refractivity contribution is 0.122. The number of hydrazone groups is 1. The van der Waals surface area contributed by atoms with Gasteiger partial charge in [-0.05, 0) is 62.1 Å². The van der Waals surface area contributed by atoms with Crippen molar-refractivity contribution in [3.63, 3.8) is 0 Å². The van der Waals surface area contributed by atoms with E-state index in [9.17, 15) is 13.6 Å². The number of carbonyl (C=O) groups is 1. The third-order valence-corrected chi connectivity index (χ3v) is 6.52. The molecular weight excluding hydrogens is 458 g/mol. The molecule has 5 nitrogen and oxygen atoms in total. The number of nitrogens with zero attached hydrogens (tertiary/aromatic N) is 2. The van der Waals surface area contributed by atoms with Gasteiger partial charge in [0.1, 0.15) is 11.6 Å². The van der Waals surface area contributed by atoms with Crippen LogP contribution in [0.3, 0.4) is 0 Å².